The SMILES string of the molecule is CCN(CC1CC1)c1c(CBr)c(C)nn1C. The molecule has 16 heavy (non-hydrogen) atoms. The van der Waals surface area contributed by atoms with Gasteiger partial charge in [-0.25, -0.2) is 0 Å². The average molecular weight is 286 g/mol. The van der Waals surface area contributed by atoms with Gasteiger partial charge in [0.2, 0.25) is 0 Å². The van der Waals surface area contributed by atoms with Gasteiger partial charge in [-0.05, 0) is 32.6 Å². The van der Waals surface area contributed by atoms with Crippen molar-refractivity contribution in [3.05, 3.63) is 11.3 Å². The van der Waals surface area contributed by atoms with Gasteiger partial charge in [-0.3, -0.25) is 4.68 Å². The van der Waals surface area contributed by atoms with Crippen LogP contribution in [0.25, 0.3) is 0 Å². The fraction of sp³-hybridized carbons (Fsp3) is 0.750. The molecule has 2 rings (SSSR count). The topological polar surface area (TPSA) is 21.1 Å². The van der Waals surface area contributed by atoms with Crippen molar-refractivity contribution in [2.75, 3.05) is 18.0 Å². The highest BCUT2D eigenvalue weighted by Gasteiger charge is 2.26. The van der Waals surface area contributed by atoms with E-state index in [1.165, 1.54) is 30.8 Å². The van der Waals surface area contributed by atoms with Crippen LogP contribution in [0.1, 0.15) is 31.0 Å². The highest BCUT2D eigenvalue weighted by Crippen LogP contribution is 2.33. The maximum atomic E-state index is 4.52. The van der Waals surface area contributed by atoms with Crippen LogP contribution in [0.15, 0.2) is 0 Å². The minimum absolute atomic E-state index is 0.892. The zero-order valence-electron chi connectivity index (χ0n) is 10.3. The van der Waals surface area contributed by atoms with Crippen molar-refractivity contribution in [1.29, 1.82) is 0 Å². The molecule has 4 heteroatoms. The van der Waals surface area contributed by atoms with Gasteiger partial charge in [0, 0.05) is 31.0 Å². The Morgan fingerprint density at radius 1 is 1.50 bits per heavy atom. The molecule has 1 aliphatic carbocycles. The number of halogens is 1. The molecule has 0 radical (unpaired) electrons. The Morgan fingerprint density at radius 3 is 2.69 bits per heavy atom. The van der Waals surface area contributed by atoms with Crippen LogP contribution in [0.3, 0.4) is 0 Å². The number of rotatable bonds is 5. The minimum Gasteiger partial charge on any atom is -0.357 e. The fourth-order valence-corrected chi connectivity index (χ4v) is 2.88. The van der Waals surface area contributed by atoms with Gasteiger partial charge < -0.3 is 4.90 Å². The predicted molar refractivity (Wildman–Crippen MR) is 71.2 cm³/mol. The van der Waals surface area contributed by atoms with E-state index in [0.29, 0.717) is 0 Å². The van der Waals surface area contributed by atoms with Gasteiger partial charge in [0.05, 0.1) is 5.69 Å². The first-order valence-electron chi connectivity index (χ1n) is 6.00. The lowest BCUT2D eigenvalue weighted by atomic mass is 10.2. The molecular formula is C12H20BrN3. The summed E-state index contributed by atoms with van der Waals surface area (Å²) in [4.78, 5) is 2.47. The zero-order chi connectivity index (χ0) is 11.7. The summed E-state index contributed by atoms with van der Waals surface area (Å²) in [6.45, 7) is 6.57. The summed E-state index contributed by atoms with van der Waals surface area (Å²) in [6, 6.07) is 0. The van der Waals surface area contributed by atoms with Gasteiger partial charge in [0.15, 0.2) is 0 Å². The molecule has 1 aromatic rings. The first-order chi connectivity index (χ1) is 7.67. The van der Waals surface area contributed by atoms with Crippen molar-refractivity contribution in [2.24, 2.45) is 13.0 Å². The van der Waals surface area contributed by atoms with Crippen LogP contribution in [0.5, 0.6) is 0 Å². The number of hydrogen-bond donors (Lipinski definition) is 0. The fourth-order valence-electron chi connectivity index (χ4n) is 2.22. The Morgan fingerprint density at radius 2 is 2.19 bits per heavy atom. The van der Waals surface area contributed by atoms with E-state index in [9.17, 15) is 0 Å². The van der Waals surface area contributed by atoms with Crippen molar-refractivity contribution >= 4 is 21.7 Å². The molecule has 0 atom stereocenters. The van der Waals surface area contributed by atoms with Gasteiger partial charge in [0.1, 0.15) is 5.82 Å². The van der Waals surface area contributed by atoms with E-state index in [0.717, 1.165) is 23.5 Å². The molecule has 1 aliphatic rings. The molecule has 1 heterocycles. The lowest BCUT2D eigenvalue weighted by Crippen LogP contribution is -2.28. The summed E-state index contributed by atoms with van der Waals surface area (Å²) in [5, 5.41) is 5.42. The van der Waals surface area contributed by atoms with Gasteiger partial charge in [-0.15, -0.1) is 0 Å². The summed E-state index contributed by atoms with van der Waals surface area (Å²) >= 11 is 3.57. The van der Waals surface area contributed by atoms with Crippen molar-refractivity contribution in [3.63, 3.8) is 0 Å². The van der Waals surface area contributed by atoms with Gasteiger partial charge in [0.25, 0.3) is 0 Å². The summed E-state index contributed by atoms with van der Waals surface area (Å²) in [7, 11) is 2.05. The van der Waals surface area contributed by atoms with Crippen molar-refractivity contribution in [2.45, 2.75) is 32.0 Å². The quantitative estimate of drug-likeness (QED) is 0.776. The molecule has 0 N–H and O–H groups in total. The van der Waals surface area contributed by atoms with Crippen LogP contribution in [-0.4, -0.2) is 22.9 Å². The third-order valence-corrected chi connectivity index (χ3v) is 3.86. The molecule has 0 amide bonds. The predicted octanol–water partition coefficient (Wildman–Crippen LogP) is 2.86. The van der Waals surface area contributed by atoms with Gasteiger partial charge in [-0.1, -0.05) is 15.9 Å². The van der Waals surface area contributed by atoms with E-state index in [4.69, 9.17) is 0 Å². The number of nitrogens with zero attached hydrogens (tertiary/aromatic N) is 3. The molecule has 0 saturated heterocycles. The maximum Gasteiger partial charge on any atom is 0.130 e. The van der Waals surface area contributed by atoms with E-state index >= 15 is 0 Å². The minimum atomic E-state index is 0.892. The Hall–Kier alpha value is -0.510. The Kier molecular flexibility index (Phi) is 3.57. The molecule has 1 saturated carbocycles. The highest BCUT2D eigenvalue weighted by molar-refractivity contribution is 9.08. The molecule has 0 aliphatic heterocycles. The zero-order valence-corrected chi connectivity index (χ0v) is 11.9. The molecule has 90 valence electrons. The molecule has 1 fully saturated rings. The van der Waals surface area contributed by atoms with E-state index in [1.54, 1.807) is 0 Å². The smallest absolute Gasteiger partial charge is 0.130 e. The number of hydrogen-bond acceptors (Lipinski definition) is 2. The Bertz CT molecular complexity index is 369. The van der Waals surface area contributed by atoms with Crippen LogP contribution in [0, 0.1) is 12.8 Å². The van der Waals surface area contributed by atoms with Gasteiger partial charge in [-0.2, -0.15) is 5.10 Å². The second-order valence-electron chi connectivity index (χ2n) is 4.63. The van der Waals surface area contributed by atoms with Crippen molar-refractivity contribution in [1.82, 2.24) is 9.78 Å². The third kappa shape index (κ3) is 2.26. The summed E-state index contributed by atoms with van der Waals surface area (Å²) < 4.78 is 2.03. The van der Waals surface area contributed by atoms with Crippen LogP contribution in [-0.2, 0) is 12.4 Å². The third-order valence-electron chi connectivity index (χ3n) is 3.30. The normalized spacial score (nSPS) is 15.5. The Balaban J connectivity index is 2.27. The highest BCUT2D eigenvalue weighted by atomic mass is 79.9. The second-order valence-corrected chi connectivity index (χ2v) is 5.19. The first-order valence-corrected chi connectivity index (χ1v) is 7.12. The van der Waals surface area contributed by atoms with Crippen molar-refractivity contribution < 1.29 is 0 Å². The Labute approximate surface area is 106 Å². The number of anilines is 1. The van der Waals surface area contributed by atoms with Crippen LogP contribution in [0.2, 0.25) is 0 Å². The standard InChI is InChI=1S/C12H20BrN3/c1-4-16(8-10-5-6-10)12-11(7-13)9(2)14-15(12)3/h10H,4-8H2,1-3H3. The molecule has 3 nitrogen and oxygen atoms in total. The van der Waals surface area contributed by atoms with Crippen LogP contribution in [0.4, 0.5) is 5.82 Å². The van der Waals surface area contributed by atoms with Crippen LogP contribution < -0.4 is 4.90 Å². The lowest BCUT2D eigenvalue weighted by Gasteiger charge is -2.24. The summed E-state index contributed by atoms with van der Waals surface area (Å²) in [6.07, 6.45) is 2.80. The summed E-state index contributed by atoms with van der Waals surface area (Å²) in [5.74, 6) is 2.21. The summed E-state index contributed by atoms with van der Waals surface area (Å²) in [5.41, 5.74) is 2.48. The molecule has 0 aromatic carbocycles. The van der Waals surface area contributed by atoms with E-state index in [-0.39, 0.29) is 0 Å². The van der Waals surface area contributed by atoms with Crippen LogP contribution >= 0.6 is 15.9 Å². The van der Waals surface area contributed by atoms with E-state index < -0.39 is 0 Å². The maximum absolute atomic E-state index is 4.52. The molecule has 0 unspecified atom stereocenters. The largest absolute Gasteiger partial charge is 0.357 e. The molecular weight excluding hydrogens is 266 g/mol. The monoisotopic (exact) mass is 285 g/mol. The number of aromatic nitrogens is 2. The van der Waals surface area contributed by atoms with E-state index in [1.807, 2.05) is 11.7 Å². The molecule has 1 aromatic heterocycles. The lowest BCUT2D eigenvalue weighted by molar-refractivity contribution is 0.677. The van der Waals surface area contributed by atoms with Gasteiger partial charge >= 0.3 is 0 Å². The van der Waals surface area contributed by atoms with Crippen molar-refractivity contribution in [3.8, 4) is 0 Å². The molecule has 0 spiro atoms. The second kappa shape index (κ2) is 4.78. The molecule has 0 bridgehead atoms. The average Bonchev–Trinajstić information content (AvgIpc) is 3.01. The number of aryl methyl sites for hydroxylation is 2. The number of alkyl halides is 1. The van der Waals surface area contributed by atoms with E-state index in [2.05, 4.69) is 39.8 Å². The first kappa shape index (κ1) is 12.0.